The highest BCUT2D eigenvalue weighted by molar-refractivity contribution is 5.93. The van der Waals surface area contributed by atoms with Gasteiger partial charge in [0, 0.05) is 32.2 Å². The minimum atomic E-state index is -0.103. The van der Waals surface area contributed by atoms with Gasteiger partial charge in [-0.15, -0.1) is 24.8 Å². The van der Waals surface area contributed by atoms with Crippen LogP contribution in [0.1, 0.15) is 24.2 Å². The summed E-state index contributed by atoms with van der Waals surface area (Å²) in [5.74, 6) is 0.676. The SMILES string of the molecule is CN(CC(C)(C)CN)C(=O)c1ccc(-n2ccnc2)nc1.Cl.Cl. The molecular formula is C15H23Cl2N5O. The predicted molar refractivity (Wildman–Crippen MR) is 95.7 cm³/mol. The topological polar surface area (TPSA) is 77.0 Å². The molecule has 0 bridgehead atoms. The van der Waals surface area contributed by atoms with Crippen molar-refractivity contribution in [2.75, 3.05) is 20.1 Å². The normalized spacial score (nSPS) is 10.4. The molecule has 1 amide bonds. The Balaban J connectivity index is 0.00000242. The van der Waals surface area contributed by atoms with Gasteiger partial charge in [0.15, 0.2) is 0 Å². The van der Waals surface area contributed by atoms with Crippen LogP contribution in [-0.2, 0) is 0 Å². The first-order valence-electron chi connectivity index (χ1n) is 6.83. The van der Waals surface area contributed by atoms with Crippen LogP contribution in [0.3, 0.4) is 0 Å². The van der Waals surface area contributed by atoms with E-state index in [9.17, 15) is 4.79 Å². The van der Waals surface area contributed by atoms with Gasteiger partial charge in [0.2, 0.25) is 0 Å². The maximum absolute atomic E-state index is 12.4. The summed E-state index contributed by atoms with van der Waals surface area (Å²) in [6, 6.07) is 3.58. The molecule has 0 aliphatic heterocycles. The van der Waals surface area contributed by atoms with Crippen molar-refractivity contribution < 1.29 is 4.79 Å². The molecule has 23 heavy (non-hydrogen) atoms. The smallest absolute Gasteiger partial charge is 0.255 e. The molecule has 0 aliphatic carbocycles. The summed E-state index contributed by atoms with van der Waals surface area (Å²) in [5.41, 5.74) is 6.17. The Hall–Kier alpha value is -1.63. The Labute approximate surface area is 148 Å². The van der Waals surface area contributed by atoms with Gasteiger partial charge >= 0.3 is 0 Å². The molecule has 0 radical (unpaired) electrons. The summed E-state index contributed by atoms with van der Waals surface area (Å²) in [7, 11) is 1.78. The van der Waals surface area contributed by atoms with E-state index in [-0.39, 0.29) is 36.1 Å². The Kier molecular flexibility index (Phi) is 8.23. The Bertz CT molecular complexity index is 599. The molecule has 0 aromatic carbocycles. The summed E-state index contributed by atoms with van der Waals surface area (Å²) < 4.78 is 1.79. The molecule has 0 atom stereocenters. The quantitative estimate of drug-likeness (QED) is 0.887. The average Bonchev–Trinajstić information content (AvgIpc) is 3.00. The van der Waals surface area contributed by atoms with Gasteiger partial charge in [-0.3, -0.25) is 9.36 Å². The maximum Gasteiger partial charge on any atom is 0.255 e. The molecule has 2 rings (SSSR count). The highest BCUT2D eigenvalue weighted by Gasteiger charge is 2.22. The fraction of sp³-hybridized carbons (Fsp3) is 0.400. The molecular weight excluding hydrogens is 337 g/mol. The molecule has 128 valence electrons. The van der Waals surface area contributed by atoms with Gasteiger partial charge in [-0.25, -0.2) is 9.97 Å². The number of hydrogen-bond acceptors (Lipinski definition) is 4. The van der Waals surface area contributed by atoms with Crippen LogP contribution >= 0.6 is 24.8 Å². The lowest BCUT2D eigenvalue weighted by Gasteiger charge is -2.29. The van der Waals surface area contributed by atoms with Crippen molar-refractivity contribution >= 4 is 30.7 Å². The molecule has 0 fully saturated rings. The minimum Gasteiger partial charge on any atom is -0.341 e. The van der Waals surface area contributed by atoms with E-state index >= 15 is 0 Å². The van der Waals surface area contributed by atoms with E-state index in [0.717, 1.165) is 5.82 Å². The number of halogens is 2. The van der Waals surface area contributed by atoms with Crippen molar-refractivity contribution in [1.82, 2.24) is 19.4 Å². The molecule has 0 aliphatic rings. The van der Waals surface area contributed by atoms with E-state index in [4.69, 9.17) is 5.73 Å². The third-order valence-electron chi connectivity index (χ3n) is 3.33. The number of nitrogens with zero attached hydrogens (tertiary/aromatic N) is 4. The van der Waals surface area contributed by atoms with Crippen LogP contribution in [0.15, 0.2) is 37.1 Å². The van der Waals surface area contributed by atoms with Crippen LogP contribution in [0, 0.1) is 5.41 Å². The van der Waals surface area contributed by atoms with E-state index in [2.05, 4.69) is 9.97 Å². The van der Waals surface area contributed by atoms with Crippen LogP contribution in [0.2, 0.25) is 0 Å². The number of pyridine rings is 1. The summed E-state index contributed by atoms with van der Waals surface area (Å²) in [5, 5.41) is 0. The van der Waals surface area contributed by atoms with Gasteiger partial charge in [0.1, 0.15) is 12.1 Å². The predicted octanol–water partition coefficient (Wildman–Crippen LogP) is 2.17. The van der Waals surface area contributed by atoms with Crippen molar-refractivity contribution in [2.45, 2.75) is 13.8 Å². The zero-order valence-electron chi connectivity index (χ0n) is 13.5. The van der Waals surface area contributed by atoms with Gasteiger partial charge in [-0.05, 0) is 24.1 Å². The van der Waals surface area contributed by atoms with Crippen molar-refractivity contribution in [2.24, 2.45) is 11.1 Å². The van der Waals surface area contributed by atoms with E-state index < -0.39 is 0 Å². The molecule has 0 spiro atoms. The molecule has 6 nitrogen and oxygen atoms in total. The molecule has 2 N–H and O–H groups in total. The van der Waals surface area contributed by atoms with Gasteiger partial charge in [0.25, 0.3) is 5.91 Å². The van der Waals surface area contributed by atoms with Crippen molar-refractivity contribution in [3.63, 3.8) is 0 Å². The summed E-state index contributed by atoms with van der Waals surface area (Å²) in [6.45, 7) is 5.21. The number of hydrogen-bond donors (Lipinski definition) is 1. The van der Waals surface area contributed by atoms with E-state index in [1.54, 1.807) is 53.6 Å². The Morgan fingerprint density at radius 1 is 1.35 bits per heavy atom. The molecule has 2 aromatic rings. The fourth-order valence-corrected chi connectivity index (χ4v) is 2.06. The molecule has 0 saturated carbocycles. The lowest BCUT2D eigenvalue weighted by atomic mass is 9.93. The Morgan fingerprint density at radius 2 is 2.04 bits per heavy atom. The first-order valence-corrected chi connectivity index (χ1v) is 6.83. The maximum atomic E-state index is 12.4. The van der Waals surface area contributed by atoms with E-state index in [1.807, 2.05) is 13.8 Å². The number of carbonyl (C=O) groups is 1. The largest absolute Gasteiger partial charge is 0.341 e. The van der Waals surface area contributed by atoms with Gasteiger partial charge in [-0.1, -0.05) is 13.8 Å². The number of aromatic nitrogens is 3. The number of nitrogens with two attached hydrogens (primary N) is 1. The van der Waals surface area contributed by atoms with Gasteiger partial charge in [0.05, 0.1) is 5.56 Å². The molecule has 2 aromatic heterocycles. The lowest BCUT2D eigenvalue weighted by molar-refractivity contribution is 0.0740. The monoisotopic (exact) mass is 359 g/mol. The number of amides is 1. The zero-order valence-corrected chi connectivity index (χ0v) is 15.1. The first kappa shape index (κ1) is 21.4. The van der Waals surface area contributed by atoms with Crippen molar-refractivity contribution in [3.05, 3.63) is 42.6 Å². The average molecular weight is 360 g/mol. The third kappa shape index (κ3) is 5.49. The van der Waals surface area contributed by atoms with Gasteiger partial charge in [-0.2, -0.15) is 0 Å². The highest BCUT2D eigenvalue weighted by Crippen LogP contribution is 2.16. The Morgan fingerprint density at radius 3 is 2.52 bits per heavy atom. The standard InChI is InChI=1S/C15H21N5O.2ClH/c1-15(2,9-16)10-19(3)14(21)12-4-5-13(18-8-12)20-7-6-17-11-20;;/h4-8,11H,9-10,16H2,1-3H3;2*1H. The van der Waals surface area contributed by atoms with Crippen LogP contribution in [0.25, 0.3) is 5.82 Å². The second-order valence-electron chi connectivity index (χ2n) is 5.90. The lowest BCUT2D eigenvalue weighted by Crippen LogP contribution is -2.39. The molecule has 8 heteroatoms. The van der Waals surface area contributed by atoms with Crippen LogP contribution in [0.5, 0.6) is 0 Å². The fourth-order valence-electron chi connectivity index (χ4n) is 2.06. The number of carbonyl (C=O) groups excluding carboxylic acids is 1. The molecule has 0 unspecified atom stereocenters. The zero-order chi connectivity index (χ0) is 15.5. The van der Waals surface area contributed by atoms with Crippen molar-refractivity contribution in [3.8, 4) is 5.82 Å². The second-order valence-corrected chi connectivity index (χ2v) is 5.90. The summed E-state index contributed by atoms with van der Waals surface area (Å²) >= 11 is 0. The summed E-state index contributed by atoms with van der Waals surface area (Å²) in [6.07, 6.45) is 6.74. The van der Waals surface area contributed by atoms with Crippen LogP contribution in [0.4, 0.5) is 0 Å². The van der Waals surface area contributed by atoms with Crippen LogP contribution in [-0.4, -0.2) is 45.5 Å². The van der Waals surface area contributed by atoms with E-state index in [0.29, 0.717) is 18.7 Å². The van der Waals surface area contributed by atoms with Gasteiger partial charge < -0.3 is 10.6 Å². The highest BCUT2D eigenvalue weighted by atomic mass is 35.5. The second kappa shape index (κ2) is 8.86. The van der Waals surface area contributed by atoms with E-state index in [1.165, 1.54) is 0 Å². The van der Waals surface area contributed by atoms with Crippen LogP contribution < -0.4 is 5.73 Å². The minimum absolute atomic E-state index is 0. The molecule has 0 saturated heterocycles. The number of imidazole rings is 1. The van der Waals surface area contributed by atoms with Crippen molar-refractivity contribution in [1.29, 1.82) is 0 Å². The third-order valence-corrected chi connectivity index (χ3v) is 3.33. The first-order chi connectivity index (χ1) is 9.93. The summed E-state index contributed by atoms with van der Waals surface area (Å²) in [4.78, 5) is 22.3. The molecule has 2 heterocycles. The number of rotatable bonds is 5.